The average molecular weight is 477 g/mol. The minimum absolute atomic E-state index is 0.104. The summed E-state index contributed by atoms with van der Waals surface area (Å²) in [5.74, 6) is 1.77. The molecule has 0 amide bonds. The summed E-state index contributed by atoms with van der Waals surface area (Å²) < 4.78 is 5.54. The topological polar surface area (TPSA) is 78.8 Å². The second kappa shape index (κ2) is 9.88. The highest BCUT2D eigenvalue weighted by atomic mass is 35.5. The van der Waals surface area contributed by atoms with Gasteiger partial charge in [-0.05, 0) is 60.8 Å². The van der Waals surface area contributed by atoms with Crippen LogP contribution in [0.15, 0.2) is 23.9 Å². The lowest BCUT2D eigenvalue weighted by atomic mass is 9.57. The quantitative estimate of drug-likeness (QED) is 0.395. The highest BCUT2D eigenvalue weighted by molar-refractivity contribution is 6.28. The molecule has 0 spiro atoms. The first-order chi connectivity index (χ1) is 15.7. The van der Waals surface area contributed by atoms with E-state index in [0.29, 0.717) is 18.3 Å². The zero-order valence-electron chi connectivity index (χ0n) is 20.2. The molecule has 0 unspecified atom stereocenters. The van der Waals surface area contributed by atoms with E-state index in [0.717, 1.165) is 57.0 Å². The molecule has 1 saturated heterocycles. The molecule has 0 aromatic carbocycles. The van der Waals surface area contributed by atoms with E-state index >= 15 is 0 Å². The van der Waals surface area contributed by atoms with Crippen LogP contribution in [0.3, 0.4) is 0 Å². The average Bonchev–Trinajstić information content (AvgIpc) is 2.76. The Labute approximate surface area is 202 Å². The maximum Gasteiger partial charge on any atom is 0.303 e. The molecule has 33 heavy (non-hydrogen) atoms. The first-order valence-electron chi connectivity index (χ1n) is 12.2. The van der Waals surface area contributed by atoms with Gasteiger partial charge in [0.25, 0.3) is 0 Å². The van der Waals surface area contributed by atoms with Gasteiger partial charge in [-0.1, -0.05) is 19.9 Å². The Balaban J connectivity index is 1.40. The summed E-state index contributed by atoms with van der Waals surface area (Å²) in [6, 6.07) is 1.91. The normalized spacial score (nSPS) is 33.8. The fourth-order valence-corrected chi connectivity index (χ4v) is 6.35. The van der Waals surface area contributed by atoms with E-state index in [1.807, 2.05) is 13.0 Å². The van der Waals surface area contributed by atoms with Crippen LogP contribution in [0.1, 0.15) is 47.0 Å². The van der Waals surface area contributed by atoms with Crippen molar-refractivity contribution in [1.82, 2.24) is 14.9 Å². The summed E-state index contributed by atoms with van der Waals surface area (Å²) in [5, 5.41) is 12.1. The van der Waals surface area contributed by atoms with E-state index in [1.54, 1.807) is 6.20 Å². The van der Waals surface area contributed by atoms with E-state index in [-0.39, 0.29) is 29.2 Å². The van der Waals surface area contributed by atoms with Gasteiger partial charge in [-0.15, -0.1) is 0 Å². The number of aromatic nitrogens is 2. The summed E-state index contributed by atoms with van der Waals surface area (Å²) in [4.78, 5) is 24.7. The van der Waals surface area contributed by atoms with Crippen LogP contribution in [-0.2, 0) is 9.53 Å². The molecule has 1 aliphatic heterocycles. The van der Waals surface area contributed by atoms with Gasteiger partial charge in [-0.3, -0.25) is 9.69 Å². The molecule has 1 saturated carbocycles. The number of rotatable bonds is 5. The van der Waals surface area contributed by atoms with Crippen LogP contribution in [0.25, 0.3) is 0 Å². The predicted octanol–water partition coefficient (Wildman–Crippen LogP) is 3.56. The monoisotopic (exact) mass is 476 g/mol. The third-order valence-electron chi connectivity index (χ3n) is 8.18. The second-order valence-corrected chi connectivity index (χ2v) is 10.7. The summed E-state index contributed by atoms with van der Waals surface area (Å²) in [5.41, 5.74) is 0.255. The summed E-state index contributed by atoms with van der Waals surface area (Å²) in [6.07, 6.45) is 6.23. The Morgan fingerprint density at radius 3 is 2.73 bits per heavy atom. The molecule has 182 valence electrons. The van der Waals surface area contributed by atoms with Crippen LogP contribution < -0.4 is 4.90 Å². The number of hydrogen-bond acceptors (Lipinski definition) is 7. The van der Waals surface area contributed by atoms with Crippen LogP contribution in [0, 0.1) is 23.7 Å². The molecule has 7 nitrogen and oxygen atoms in total. The zero-order valence-corrected chi connectivity index (χ0v) is 21.0. The van der Waals surface area contributed by atoms with Crippen molar-refractivity contribution in [2.75, 3.05) is 37.6 Å². The van der Waals surface area contributed by atoms with E-state index in [4.69, 9.17) is 16.3 Å². The molecule has 2 fully saturated rings. The van der Waals surface area contributed by atoms with Gasteiger partial charge in [0.15, 0.2) is 0 Å². The van der Waals surface area contributed by atoms with Gasteiger partial charge in [0.05, 0.1) is 5.60 Å². The first kappa shape index (κ1) is 24.4. The highest BCUT2D eigenvalue weighted by Gasteiger charge is 2.52. The maximum absolute atomic E-state index is 11.8. The molecular formula is C25H37ClN4O3. The van der Waals surface area contributed by atoms with Crippen LogP contribution in [-0.4, -0.2) is 70.4 Å². The number of hydrogen-bond donors (Lipinski definition) is 1. The summed E-state index contributed by atoms with van der Waals surface area (Å²) in [6.45, 7) is 12.8. The summed E-state index contributed by atoms with van der Waals surface area (Å²) in [7, 11) is 0. The minimum atomic E-state index is -0.818. The fourth-order valence-electron chi connectivity index (χ4n) is 6.20. The molecule has 4 rings (SSSR count). The molecule has 1 aromatic heterocycles. The largest absolute Gasteiger partial charge is 0.458 e. The van der Waals surface area contributed by atoms with Gasteiger partial charge in [-0.2, -0.15) is 0 Å². The predicted molar refractivity (Wildman–Crippen MR) is 129 cm³/mol. The van der Waals surface area contributed by atoms with Crippen LogP contribution in [0.5, 0.6) is 0 Å². The van der Waals surface area contributed by atoms with Gasteiger partial charge < -0.3 is 14.7 Å². The van der Waals surface area contributed by atoms with Crippen molar-refractivity contribution in [2.24, 2.45) is 23.7 Å². The number of carbonyl (C=O) groups is 1. The lowest BCUT2D eigenvalue weighted by molar-refractivity contribution is -0.159. The van der Waals surface area contributed by atoms with Crippen LogP contribution in [0.4, 0.5) is 5.82 Å². The minimum Gasteiger partial charge on any atom is -0.458 e. The van der Waals surface area contributed by atoms with E-state index in [9.17, 15) is 9.90 Å². The van der Waals surface area contributed by atoms with Crippen LogP contribution in [0.2, 0.25) is 5.28 Å². The SMILES string of the molecule is CC(=O)O[C@@H]1C[C@@]2(O)[C@H](C)CC[C@@H]([C@H](C)CN3CCN(c4ccnc(Cl)n4)CC3)[C@H]2C=C1C. The number of nitrogens with zero attached hydrogens (tertiary/aromatic N) is 4. The lowest BCUT2D eigenvalue weighted by Crippen LogP contribution is -2.56. The standard InChI is InChI=1S/C25H37ClN4O3/c1-16-13-21-20(6-5-18(3)25(21,32)14-22(16)33-19(4)31)17(2)15-29-9-11-30(12-10-29)23-7-8-27-24(26)28-23/h7-8,13,17-18,20-22,32H,5-6,9-12,14-15H2,1-4H3/t17-,18-,20+,21-,22-,25-/m1/s1. The maximum atomic E-state index is 11.8. The number of anilines is 1. The number of halogens is 1. The number of ether oxygens (including phenoxy) is 1. The fraction of sp³-hybridized carbons (Fsp3) is 0.720. The van der Waals surface area contributed by atoms with E-state index < -0.39 is 5.60 Å². The first-order valence-corrected chi connectivity index (χ1v) is 12.6. The molecular weight excluding hydrogens is 440 g/mol. The van der Waals surface area contributed by atoms with Crippen molar-refractivity contribution in [1.29, 1.82) is 0 Å². The highest BCUT2D eigenvalue weighted by Crippen LogP contribution is 2.51. The lowest BCUT2D eigenvalue weighted by Gasteiger charge is -2.53. The molecule has 8 heteroatoms. The molecule has 6 atom stereocenters. The molecule has 0 radical (unpaired) electrons. The van der Waals surface area contributed by atoms with Gasteiger partial charge in [0, 0.05) is 58.2 Å². The van der Waals surface area contributed by atoms with E-state index in [1.165, 1.54) is 6.92 Å². The molecule has 3 aliphatic rings. The Bertz CT molecular complexity index is 888. The van der Waals surface area contributed by atoms with Crippen molar-refractivity contribution in [3.8, 4) is 0 Å². The molecule has 2 aliphatic carbocycles. The number of carbonyl (C=O) groups excluding carboxylic acids is 1. The Morgan fingerprint density at radius 2 is 2.06 bits per heavy atom. The zero-order chi connectivity index (χ0) is 23.8. The number of aliphatic hydroxyl groups is 1. The van der Waals surface area contributed by atoms with Crippen molar-refractivity contribution in [3.05, 3.63) is 29.2 Å². The van der Waals surface area contributed by atoms with Crippen molar-refractivity contribution < 1.29 is 14.6 Å². The van der Waals surface area contributed by atoms with Crippen molar-refractivity contribution in [3.63, 3.8) is 0 Å². The van der Waals surface area contributed by atoms with Gasteiger partial charge in [0.2, 0.25) is 5.28 Å². The van der Waals surface area contributed by atoms with Gasteiger partial charge >= 0.3 is 5.97 Å². The van der Waals surface area contributed by atoms with Crippen molar-refractivity contribution in [2.45, 2.75) is 58.7 Å². The number of fused-ring (bicyclic) bond motifs is 1. The van der Waals surface area contributed by atoms with Gasteiger partial charge in [-0.25, -0.2) is 9.97 Å². The molecule has 1 N–H and O–H groups in total. The summed E-state index contributed by atoms with van der Waals surface area (Å²) >= 11 is 5.96. The number of piperazine rings is 1. The van der Waals surface area contributed by atoms with E-state index in [2.05, 4.69) is 39.7 Å². The van der Waals surface area contributed by atoms with Gasteiger partial charge in [0.1, 0.15) is 11.9 Å². The smallest absolute Gasteiger partial charge is 0.303 e. The Hall–Kier alpha value is -1.70. The second-order valence-electron chi connectivity index (χ2n) is 10.3. The number of esters is 1. The third kappa shape index (κ3) is 5.20. The Kier molecular flexibility index (Phi) is 7.32. The molecule has 0 bridgehead atoms. The third-order valence-corrected chi connectivity index (χ3v) is 8.36. The van der Waals surface area contributed by atoms with Crippen molar-refractivity contribution >= 4 is 23.4 Å². The molecule has 1 aromatic rings. The Morgan fingerprint density at radius 1 is 1.33 bits per heavy atom. The van der Waals surface area contributed by atoms with Crippen LogP contribution >= 0.6 is 11.6 Å². The molecule has 2 heterocycles.